The molecule has 0 aliphatic rings. The third-order valence-electron chi connectivity index (χ3n) is 3.72. The molecule has 0 spiro atoms. The van der Waals surface area contributed by atoms with E-state index in [1.54, 1.807) is 11.3 Å². The molecule has 1 unspecified atom stereocenters. The zero-order chi connectivity index (χ0) is 15.7. The first-order chi connectivity index (χ1) is 10.5. The number of aromatic nitrogens is 2. The molecule has 0 radical (unpaired) electrons. The fourth-order valence-electron chi connectivity index (χ4n) is 2.74. The van der Waals surface area contributed by atoms with Crippen molar-refractivity contribution in [3.63, 3.8) is 0 Å². The summed E-state index contributed by atoms with van der Waals surface area (Å²) < 4.78 is 1.97. The van der Waals surface area contributed by atoms with Gasteiger partial charge in [0.05, 0.1) is 16.7 Å². The quantitative estimate of drug-likeness (QED) is 0.800. The highest BCUT2D eigenvalue weighted by Gasteiger charge is 2.16. The van der Waals surface area contributed by atoms with Gasteiger partial charge in [0.15, 0.2) is 0 Å². The van der Waals surface area contributed by atoms with Crippen molar-refractivity contribution in [3.8, 4) is 0 Å². The van der Waals surface area contributed by atoms with Crippen LogP contribution in [0.4, 0.5) is 0 Å². The van der Waals surface area contributed by atoms with E-state index in [1.807, 2.05) is 61.9 Å². The molecule has 0 aliphatic heterocycles. The van der Waals surface area contributed by atoms with Crippen molar-refractivity contribution in [2.75, 3.05) is 0 Å². The van der Waals surface area contributed by atoms with Crippen LogP contribution >= 0.6 is 11.3 Å². The van der Waals surface area contributed by atoms with E-state index in [9.17, 15) is 4.79 Å². The molecule has 1 aromatic carbocycles. The predicted molar refractivity (Wildman–Crippen MR) is 90.1 cm³/mol. The fraction of sp³-hybridized carbons (Fsp3) is 0.294. The monoisotopic (exact) mass is 313 g/mol. The van der Waals surface area contributed by atoms with E-state index in [0.717, 1.165) is 26.5 Å². The lowest BCUT2D eigenvalue weighted by molar-refractivity contribution is -0.122. The van der Waals surface area contributed by atoms with Crippen LogP contribution in [-0.4, -0.2) is 15.5 Å². The van der Waals surface area contributed by atoms with Gasteiger partial charge in [-0.1, -0.05) is 18.2 Å². The Morgan fingerprint density at radius 3 is 2.82 bits per heavy atom. The number of thiazole rings is 1. The lowest BCUT2D eigenvalue weighted by Crippen LogP contribution is -2.30. The van der Waals surface area contributed by atoms with Crippen LogP contribution in [0.5, 0.6) is 0 Å². The largest absolute Gasteiger partial charge is 0.346 e. The number of hydrogen-bond acceptors (Lipinski definition) is 3. The molecule has 4 nitrogen and oxygen atoms in total. The first-order valence-electron chi connectivity index (χ1n) is 7.32. The Bertz CT molecular complexity index is 818. The van der Waals surface area contributed by atoms with E-state index in [-0.39, 0.29) is 11.9 Å². The van der Waals surface area contributed by atoms with Gasteiger partial charge in [0.2, 0.25) is 5.91 Å². The maximum absolute atomic E-state index is 12.3. The molecule has 3 rings (SSSR count). The van der Waals surface area contributed by atoms with E-state index in [4.69, 9.17) is 0 Å². The molecule has 1 amide bonds. The molecule has 1 N–H and O–H groups in total. The van der Waals surface area contributed by atoms with E-state index in [2.05, 4.69) is 10.3 Å². The maximum atomic E-state index is 12.3. The predicted octanol–water partition coefficient (Wildman–Crippen LogP) is 3.59. The van der Waals surface area contributed by atoms with Gasteiger partial charge in [-0.15, -0.1) is 11.3 Å². The van der Waals surface area contributed by atoms with Gasteiger partial charge >= 0.3 is 0 Å². The highest BCUT2D eigenvalue weighted by Crippen LogP contribution is 2.22. The molecule has 1 atom stereocenters. The van der Waals surface area contributed by atoms with Gasteiger partial charge in [-0.05, 0) is 38.3 Å². The number of rotatable bonds is 4. The molecule has 114 valence electrons. The van der Waals surface area contributed by atoms with Crippen molar-refractivity contribution in [1.82, 2.24) is 14.9 Å². The Morgan fingerprint density at radius 1 is 1.32 bits per heavy atom. The van der Waals surface area contributed by atoms with Crippen LogP contribution in [0.3, 0.4) is 0 Å². The molecular weight excluding hydrogens is 294 g/mol. The van der Waals surface area contributed by atoms with E-state index in [0.29, 0.717) is 6.54 Å². The summed E-state index contributed by atoms with van der Waals surface area (Å²) in [4.78, 5) is 18.0. The van der Waals surface area contributed by atoms with Crippen LogP contribution in [0.1, 0.15) is 28.5 Å². The number of aryl methyl sites for hydroxylation is 2. The summed E-state index contributed by atoms with van der Waals surface area (Å²) in [5.74, 6) is -0.00101. The first kappa shape index (κ1) is 14.8. The number of benzene rings is 1. The zero-order valence-electron chi connectivity index (χ0n) is 13.0. The van der Waals surface area contributed by atoms with Crippen molar-refractivity contribution < 1.29 is 4.79 Å². The number of carbonyl (C=O) groups excluding carboxylic acids is 1. The standard InChI is InChI=1S/C17H19N3OS/c1-11(17-12(2)22-13(3)19-17)18-16(21)10-20-9-8-14-6-4-5-7-15(14)20/h4-9,11H,10H2,1-3H3,(H,18,21). The average Bonchev–Trinajstić information content (AvgIpc) is 3.02. The molecular formula is C17H19N3OS. The molecule has 2 heterocycles. The van der Waals surface area contributed by atoms with Gasteiger partial charge < -0.3 is 9.88 Å². The van der Waals surface area contributed by atoms with Gasteiger partial charge in [-0.2, -0.15) is 0 Å². The number of nitrogens with one attached hydrogen (secondary N) is 1. The number of fused-ring (bicyclic) bond motifs is 1. The molecule has 0 bridgehead atoms. The molecule has 0 saturated heterocycles. The number of hydrogen-bond donors (Lipinski definition) is 1. The van der Waals surface area contributed by atoms with Gasteiger partial charge in [0.1, 0.15) is 6.54 Å². The van der Waals surface area contributed by atoms with E-state index in [1.165, 1.54) is 0 Å². The van der Waals surface area contributed by atoms with Crippen molar-refractivity contribution in [1.29, 1.82) is 0 Å². The van der Waals surface area contributed by atoms with Crippen LogP contribution in [-0.2, 0) is 11.3 Å². The highest BCUT2D eigenvalue weighted by molar-refractivity contribution is 7.11. The van der Waals surface area contributed by atoms with Gasteiger partial charge in [0, 0.05) is 16.6 Å². The van der Waals surface area contributed by atoms with Crippen LogP contribution in [0, 0.1) is 13.8 Å². The zero-order valence-corrected chi connectivity index (χ0v) is 13.8. The second-order valence-corrected chi connectivity index (χ2v) is 6.87. The third-order valence-corrected chi connectivity index (χ3v) is 4.62. The molecule has 22 heavy (non-hydrogen) atoms. The molecule has 0 fully saturated rings. The number of amides is 1. The Kier molecular flexibility index (Phi) is 3.98. The van der Waals surface area contributed by atoms with Crippen molar-refractivity contribution in [2.24, 2.45) is 0 Å². The van der Waals surface area contributed by atoms with Crippen LogP contribution in [0.25, 0.3) is 10.9 Å². The molecule has 0 saturated carbocycles. The summed E-state index contributed by atoms with van der Waals surface area (Å²) in [7, 11) is 0. The normalized spacial score (nSPS) is 12.5. The van der Waals surface area contributed by atoms with Crippen LogP contribution < -0.4 is 5.32 Å². The second kappa shape index (κ2) is 5.93. The number of nitrogens with zero attached hydrogens (tertiary/aromatic N) is 2. The summed E-state index contributed by atoms with van der Waals surface area (Å²) in [5.41, 5.74) is 2.04. The minimum absolute atomic E-state index is 0.00101. The lowest BCUT2D eigenvalue weighted by atomic mass is 10.2. The van der Waals surface area contributed by atoms with Gasteiger partial charge in [-0.3, -0.25) is 4.79 Å². The Hall–Kier alpha value is -2.14. The van der Waals surface area contributed by atoms with Gasteiger partial charge in [-0.25, -0.2) is 4.98 Å². The molecule has 3 aromatic rings. The molecule has 0 aliphatic carbocycles. The molecule has 2 aromatic heterocycles. The summed E-state index contributed by atoms with van der Waals surface area (Å²) in [6.45, 7) is 6.33. The fourth-order valence-corrected chi connectivity index (χ4v) is 3.65. The Labute approximate surface area is 133 Å². The van der Waals surface area contributed by atoms with E-state index >= 15 is 0 Å². The van der Waals surface area contributed by atoms with Gasteiger partial charge in [0.25, 0.3) is 0 Å². The van der Waals surface area contributed by atoms with Crippen LogP contribution in [0.15, 0.2) is 36.5 Å². The van der Waals surface area contributed by atoms with Crippen molar-refractivity contribution in [2.45, 2.75) is 33.4 Å². The highest BCUT2D eigenvalue weighted by atomic mass is 32.1. The smallest absolute Gasteiger partial charge is 0.240 e. The number of carbonyl (C=O) groups is 1. The van der Waals surface area contributed by atoms with E-state index < -0.39 is 0 Å². The average molecular weight is 313 g/mol. The minimum Gasteiger partial charge on any atom is -0.346 e. The minimum atomic E-state index is -0.0701. The number of para-hydroxylation sites is 1. The summed E-state index contributed by atoms with van der Waals surface area (Å²) in [6, 6.07) is 10.0. The topological polar surface area (TPSA) is 46.9 Å². The molecule has 5 heteroatoms. The van der Waals surface area contributed by atoms with Crippen LogP contribution in [0.2, 0.25) is 0 Å². The SMILES string of the molecule is Cc1nc(C(C)NC(=O)Cn2ccc3ccccc32)c(C)s1. The van der Waals surface area contributed by atoms with Crippen molar-refractivity contribution in [3.05, 3.63) is 52.1 Å². The maximum Gasteiger partial charge on any atom is 0.240 e. The second-order valence-electron chi connectivity index (χ2n) is 5.47. The summed E-state index contributed by atoms with van der Waals surface area (Å²) in [6.07, 6.45) is 1.95. The summed E-state index contributed by atoms with van der Waals surface area (Å²) in [5, 5.41) is 5.22. The lowest BCUT2D eigenvalue weighted by Gasteiger charge is -2.13. The Morgan fingerprint density at radius 2 is 2.09 bits per heavy atom. The summed E-state index contributed by atoms with van der Waals surface area (Å²) >= 11 is 1.66. The Balaban J connectivity index is 1.71. The third kappa shape index (κ3) is 2.90. The van der Waals surface area contributed by atoms with Crippen molar-refractivity contribution >= 4 is 28.1 Å². The first-order valence-corrected chi connectivity index (χ1v) is 8.13.